The van der Waals surface area contributed by atoms with Gasteiger partial charge in [0.25, 0.3) is 0 Å². The highest BCUT2D eigenvalue weighted by atomic mass is 19.2. The summed E-state index contributed by atoms with van der Waals surface area (Å²) < 4.78 is 85.9. The van der Waals surface area contributed by atoms with E-state index >= 15 is 0 Å². The molecule has 0 saturated carbocycles. The van der Waals surface area contributed by atoms with Gasteiger partial charge in [0.05, 0.1) is 5.69 Å². The number of alkyl carbamates (subject to hydrolysis) is 1. The van der Waals surface area contributed by atoms with E-state index in [2.05, 4.69) is 15.0 Å². The van der Waals surface area contributed by atoms with E-state index in [0.717, 1.165) is 39.3 Å². The summed E-state index contributed by atoms with van der Waals surface area (Å²) in [7, 11) is 0. The lowest BCUT2D eigenvalue weighted by molar-refractivity contribution is -0.137. The largest absolute Gasteiger partial charge is 0.449 e. The van der Waals surface area contributed by atoms with Gasteiger partial charge in [-0.2, -0.15) is 8.78 Å². The van der Waals surface area contributed by atoms with Crippen LogP contribution in [-0.2, 0) is 20.7 Å². The first-order valence-corrected chi connectivity index (χ1v) is 13.9. The quantitative estimate of drug-likeness (QED) is 0.0815. The lowest BCUT2D eigenvalue weighted by Crippen LogP contribution is -2.45. The van der Waals surface area contributed by atoms with Gasteiger partial charge in [-0.1, -0.05) is 48.5 Å². The van der Waals surface area contributed by atoms with Crippen molar-refractivity contribution in [1.29, 1.82) is 0 Å². The molecule has 1 N–H and O–H groups in total. The molecule has 0 aliphatic heterocycles. The number of hydrogen-bond donors (Lipinski definition) is 1. The number of rotatable bonds is 7. The van der Waals surface area contributed by atoms with Gasteiger partial charge in [0.2, 0.25) is 34.8 Å². The summed E-state index contributed by atoms with van der Waals surface area (Å²) in [5, 5.41) is 2.21. The third-order valence-corrected chi connectivity index (χ3v) is 6.95. The average molecular weight is 644 g/mol. The highest BCUT2D eigenvalue weighted by Gasteiger charge is 2.33. The first-order valence-electron chi connectivity index (χ1n) is 13.9. The first-order chi connectivity index (χ1) is 21.7. The number of fused-ring (bicyclic) bond motifs is 3. The Balaban J connectivity index is 1.36. The standard InChI is InChI=1S/C32H26F5N3O6/c1-32(2,3)46-31(43)40-13-16(38-15-40)12-22(29(41)45-28-26(36)24(34)23(33)25(35)27(28)37)39-30(42)44-14-21-19-10-6-4-8-17(19)18-9-5-7-11-20(18)21/h4-11,13,15,21-22H,12,14H2,1-3H3,(H,39,42). The predicted octanol–water partition coefficient (Wildman–Crippen LogP) is 6.42. The SMILES string of the molecule is CC(C)(C)OC(=O)n1cnc(CC(NC(=O)OCC2c3ccccc3-c3ccccc32)C(=O)Oc2c(F)c(F)c(F)c(F)c2F)c1. The van der Waals surface area contributed by atoms with E-state index in [0.29, 0.717) is 0 Å². The van der Waals surface area contributed by atoms with Gasteiger partial charge in [-0.25, -0.2) is 37.1 Å². The van der Waals surface area contributed by atoms with Crippen LogP contribution in [0.1, 0.15) is 43.5 Å². The normalized spacial score (nSPS) is 13.0. The van der Waals surface area contributed by atoms with Crippen LogP contribution in [0, 0.1) is 29.1 Å². The summed E-state index contributed by atoms with van der Waals surface area (Å²) in [6.45, 7) is 4.72. The molecule has 240 valence electrons. The van der Waals surface area contributed by atoms with Crippen LogP contribution >= 0.6 is 0 Å². The van der Waals surface area contributed by atoms with Gasteiger partial charge in [-0.3, -0.25) is 0 Å². The molecule has 3 aromatic carbocycles. The molecule has 4 aromatic rings. The number of carbonyl (C=O) groups excluding carboxylic acids is 3. The maximum atomic E-state index is 14.3. The van der Waals surface area contributed by atoms with Crippen LogP contribution in [-0.4, -0.2) is 46.0 Å². The van der Waals surface area contributed by atoms with Crippen molar-refractivity contribution in [2.24, 2.45) is 0 Å². The number of imidazole rings is 1. The Labute approximate surface area is 258 Å². The number of carbonyl (C=O) groups is 3. The highest BCUT2D eigenvalue weighted by molar-refractivity contribution is 5.84. The summed E-state index contributed by atoms with van der Waals surface area (Å²) >= 11 is 0. The molecular weight excluding hydrogens is 617 g/mol. The average Bonchev–Trinajstić information content (AvgIpc) is 3.62. The fourth-order valence-electron chi connectivity index (χ4n) is 4.91. The number of halogens is 5. The maximum Gasteiger partial charge on any atom is 0.419 e. The van der Waals surface area contributed by atoms with Gasteiger partial charge in [-0.15, -0.1) is 0 Å². The molecule has 1 unspecified atom stereocenters. The first kappa shape index (κ1) is 32.1. The van der Waals surface area contributed by atoms with E-state index in [-0.39, 0.29) is 18.2 Å². The van der Waals surface area contributed by atoms with Crippen molar-refractivity contribution < 1.29 is 50.5 Å². The van der Waals surface area contributed by atoms with Crippen LogP contribution in [0.5, 0.6) is 5.75 Å². The summed E-state index contributed by atoms with van der Waals surface area (Å²) in [4.78, 5) is 42.5. The summed E-state index contributed by atoms with van der Waals surface area (Å²) in [5.41, 5.74) is 2.84. The second kappa shape index (κ2) is 12.6. The molecule has 1 heterocycles. The van der Waals surface area contributed by atoms with Crippen molar-refractivity contribution in [2.45, 2.75) is 44.8 Å². The van der Waals surface area contributed by atoms with Crippen molar-refractivity contribution in [3.63, 3.8) is 0 Å². The number of amides is 1. The van der Waals surface area contributed by atoms with E-state index in [1.165, 1.54) is 0 Å². The predicted molar refractivity (Wildman–Crippen MR) is 151 cm³/mol. The number of ether oxygens (including phenoxy) is 3. The van der Waals surface area contributed by atoms with Gasteiger partial charge in [0.15, 0.2) is 0 Å². The summed E-state index contributed by atoms with van der Waals surface area (Å²) in [6.07, 6.45) is -0.312. The van der Waals surface area contributed by atoms with Crippen LogP contribution < -0.4 is 10.1 Å². The number of aromatic nitrogens is 2. The van der Waals surface area contributed by atoms with E-state index in [9.17, 15) is 36.3 Å². The van der Waals surface area contributed by atoms with E-state index < -0.39 is 71.1 Å². The molecule has 14 heteroatoms. The minimum absolute atomic E-state index is 0.0100. The molecule has 1 amide bonds. The molecule has 0 radical (unpaired) electrons. The Bertz CT molecular complexity index is 1760. The Morgan fingerprint density at radius 2 is 1.41 bits per heavy atom. The molecule has 1 aliphatic carbocycles. The Morgan fingerprint density at radius 1 is 0.870 bits per heavy atom. The van der Waals surface area contributed by atoms with Gasteiger partial charge in [-0.05, 0) is 43.0 Å². The second-order valence-corrected chi connectivity index (χ2v) is 11.3. The van der Waals surface area contributed by atoms with Gasteiger partial charge < -0.3 is 19.5 Å². The number of nitrogens with zero attached hydrogens (tertiary/aromatic N) is 2. The maximum absolute atomic E-state index is 14.3. The van der Waals surface area contributed by atoms with E-state index in [4.69, 9.17) is 9.47 Å². The fourth-order valence-corrected chi connectivity index (χ4v) is 4.91. The van der Waals surface area contributed by atoms with E-state index in [1.807, 2.05) is 48.5 Å². The lowest BCUT2D eigenvalue weighted by atomic mass is 9.98. The second-order valence-electron chi connectivity index (χ2n) is 11.3. The van der Waals surface area contributed by atoms with Crippen molar-refractivity contribution in [3.8, 4) is 16.9 Å². The van der Waals surface area contributed by atoms with Crippen molar-refractivity contribution in [1.82, 2.24) is 14.9 Å². The van der Waals surface area contributed by atoms with Crippen LogP contribution in [0.2, 0.25) is 0 Å². The zero-order valence-electron chi connectivity index (χ0n) is 24.6. The zero-order chi connectivity index (χ0) is 33.3. The molecule has 1 aliphatic rings. The molecule has 1 atom stereocenters. The van der Waals surface area contributed by atoms with Gasteiger partial charge in [0, 0.05) is 18.5 Å². The van der Waals surface area contributed by atoms with Crippen LogP contribution in [0.15, 0.2) is 61.1 Å². The molecular formula is C32H26F5N3O6. The van der Waals surface area contributed by atoms with Crippen molar-refractivity contribution in [2.75, 3.05) is 6.61 Å². The number of esters is 1. The van der Waals surface area contributed by atoms with Crippen molar-refractivity contribution in [3.05, 3.63) is 107 Å². The minimum atomic E-state index is -2.45. The molecule has 9 nitrogen and oxygen atoms in total. The number of hydrogen-bond acceptors (Lipinski definition) is 7. The smallest absolute Gasteiger partial charge is 0.419 e. The Hall–Kier alpha value is -5.27. The zero-order valence-corrected chi connectivity index (χ0v) is 24.6. The molecule has 46 heavy (non-hydrogen) atoms. The summed E-state index contributed by atoms with van der Waals surface area (Å²) in [6, 6.07) is 13.2. The van der Waals surface area contributed by atoms with Crippen molar-refractivity contribution >= 4 is 18.2 Å². The molecule has 0 saturated heterocycles. The lowest BCUT2D eigenvalue weighted by Gasteiger charge is -2.19. The van der Waals surface area contributed by atoms with E-state index in [1.54, 1.807) is 20.8 Å². The Kier molecular flexibility index (Phi) is 8.81. The van der Waals surface area contributed by atoms with Gasteiger partial charge >= 0.3 is 18.2 Å². The molecule has 0 bridgehead atoms. The Morgan fingerprint density at radius 3 is 1.98 bits per heavy atom. The molecule has 0 spiro atoms. The van der Waals surface area contributed by atoms with Crippen LogP contribution in [0.4, 0.5) is 31.5 Å². The highest BCUT2D eigenvalue weighted by Crippen LogP contribution is 2.44. The van der Waals surface area contributed by atoms with Gasteiger partial charge in [0.1, 0.15) is 24.6 Å². The van der Waals surface area contributed by atoms with Crippen LogP contribution in [0.25, 0.3) is 11.1 Å². The number of benzene rings is 3. The minimum Gasteiger partial charge on any atom is -0.449 e. The monoisotopic (exact) mass is 643 g/mol. The molecule has 0 fully saturated rings. The fraction of sp³-hybridized carbons (Fsp3) is 0.250. The molecule has 1 aromatic heterocycles. The van der Waals surface area contributed by atoms with Crippen LogP contribution in [0.3, 0.4) is 0 Å². The topological polar surface area (TPSA) is 109 Å². The number of nitrogens with one attached hydrogen (secondary N) is 1. The third-order valence-electron chi connectivity index (χ3n) is 6.95. The molecule has 5 rings (SSSR count). The third kappa shape index (κ3) is 6.55. The summed E-state index contributed by atoms with van der Waals surface area (Å²) in [5.74, 6) is -15.7.